The Balaban J connectivity index is 1.93. The quantitative estimate of drug-likeness (QED) is 0.602. The average Bonchev–Trinajstić information content (AvgIpc) is 2.39. The Morgan fingerprint density at radius 1 is 1.53 bits per heavy atom. The Kier molecular flexibility index (Phi) is 4.11. The first kappa shape index (κ1) is 12.1. The molecule has 0 radical (unpaired) electrons. The summed E-state index contributed by atoms with van der Waals surface area (Å²) in [6.07, 6.45) is 4.99. The molecule has 6 nitrogen and oxygen atoms in total. The van der Waals surface area contributed by atoms with E-state index in [0.29, 0.717) is 18.3 Å². The highest BCUT2D eigenvalue weighted by atomic mass is 16.5. The Hall–Kier alpha value is -1.40. The maximum atomic E-state index is 5.65. The molecule has 0 saturated carbocycles. The monoisotopic (exact) mass is 238 g/mol. The van der Waals surface area contributed by atoms with Gasteiger partial charge >= 0.3 is 0 Å². The van der Waals surface area contributed by atoms with Gasteiger partial charge in [-0.15, -0.1) is 0 Å². The molecule has 0 amide bonds. The number of nitrogens with one attached hydrogen (secondary N) is 1. The van der Waals surface area contributed by atoms with Crippen molar-refractivity contribution in [3.63, 3.8) is 0 Å². The van der Waals surface area contributed by atoms with Crippen molar-refractivity contribution < 1.29 is 9.47 Å². The molecule has 0 aromatic carbocycles. The zero-order valence-electron chi connectivity index (χ0n) is 9.98. The molecule has 1 saturated heterocycles. The van der Waals surface area contributed by atoms with Crippen LogP contribution in [0.2, 0.25) is 0 Å². The standard InChI is InChI=1S/C11H18N4O2/c1-8-10(15-12)13-7-14-11(8)17-6-9-4-2-3-5-16-9/h7,9H,2-6,12H2,1H3,(H,13,14,15). The lowest BCUT2D eigenvalue weighted by Gasteiger charge is -2.22. The van der Waals surface area contributed by atoms with Crippen molar-refractivity contribution in [3.05, 3.63) is 11.9 Å². The maximum Gasteiger partial charge on any atom is 0.221 e. The highest BCUT2D eigenvalue weighted by Crippen LogP contribution is 2.20. The van der Waals surface area contributed by atoms with Crippen molar-refractivity contribution in [2.24, 2.45) is 5.84 Å². The molecule has 0 aliphatic carbocycles. The van der Waals surface area contributed by atoms with E-state index < -0.39 is 0 Å². The van der Waals surface area contributed by atoms with Crippen LogP contribution < -0.4 is 16.0 Å². The number of hydrogen-bond acceptors (Lipinski definition) is 6. The van der Waals surface area contributed by atoms with Gasteiger partial charge in [0.25, 0.3) is 0 Å². The Morgan fingerprint density at radius 2 is 2.41 bits per heavy atom. The molecule has 1 aliphatic rings. The minimum Gasteiger partial charge on any atom is -0.475 e. The average molecular weight is 238 g/mol. The van der Waals surface area contributed by atoms with Gasteiger partial charge in [0.2, 0.25) is 5.88 Å². The van der Waals surface area contributed by atoms with Gasteiger partial charge in [0.15, 0.2) is 0 Å². The van der Waals surface area contributed by atoms with Crippen molar-refractivity contribution in [1.29, 1.82) is 0 Å². The lowest BCUT2D eigenvalue weighted by atomic mass is 10.1. The first-order valence-corrected chi connectivity index (χ1v) is 5.84. The van der Waals surface area contributed by atoms with Gasteiger partial charge in [-0.3, -0.25) is 0 Å². The number of rotatable bonds is 4. The van der Waals surface area contributed by atoms with Crippen molar-refractivity contribution in [2.75, 3.05) is 18.6 Å². The van der Waals surface area contributed by atoms with E-state index in [1.807, 2.05) is 6.92 Å². The molecule has 0 spiro atoms. The summed E-state index contributed by atoms with van der Waals surface area (Å²) in [4.78, 5) is 8.08. The highest BCUT2D eigenvalue weighted by Gasteiger charge is 2.16. The van der Waals surface area contributed by atoms with Crippen molar-refractivity contribution in [1.82, 2.24) is 9.97 Å². The minimum absolute atomic E-state index is 0.174. The maximum absolute atomic E-state index is 5.65. The Labute approximate surface area is 101 Å². The van der Waals surface area contributed by atoms with Crippen LogP contribution in [0.5, 0.6) is 5.88 Å². The topological polar surface area (TPSA) is 82.3 Å². The van der Waals surface area contributed by atoms with Gasteiger partial charge in [-0.05, 0) is 26.2 Å². The van der Waals surface area contributed by atoms with Gasteiger partial charge in [-0.1, -0.05) is 0 Å². The van der Waals surface area contributed by atoms with Crippen molar-refractivity contribution >= 4 is 5.82 Å². The van der Waals surface area contributed by atoms with E-state index in [-0.39, 0.29) is 6.10 Å². The lowest BCUT2D eigenvalue weighted by molar-refractivity contribution is -0.0120. The molecule has 94 valence electrons. The largest absolute Gasteiger partial charge is 0.475 e. The van der Waals surface area contributed by atoms with Crippen LogP contribution in [-0.2, 0) is 4.74 Å². The van der Waals surface area contributed by atoms with Crippen LogP contribution in [0.3, 0.4) is 0 Å². The van der Waals surface area contributed by atoms with E-state index in [4.69, 9.17) is 15.3 Å². The lowest BCUT2D eigenvalue weighted by Crippen LogP contribution is -2.26. The summed E-state index contributed by atoms with van der Waals surface area (Å²) in [6, 6.07) is 0. The van der Waals surface area contributed by atoms with E-state index in [9.17, 15) is 0 Å². The highest BCUT2D eigenvalue weighted by molar-refractivity contribution is 5.46. The molecule has 1 atom stereocenters. The summed E-state index contributed by atoms with van der Waals surface area (Å²) in [5.41, 5.74) is 3.32. The molecule has 1 aromatic heterocycles. The third kappa shape index (κ3) is 3.04. The molecule has 1 fully saturated rings. The summed E-state index contributed by atoms with van der Waals surface area (Å²) >= 11 is 0. The first-order valence-electron chi connectivity index (χ1n) is 5.84. The van der Waals surface area contributed by atoms with E-state index in [2.05, 4.69) is 15.4 Å². The van der Waals surface area contributed by atoms with E-state index in [1.54, 1.807) is 0 Å². The number of ether oxygens (including phenoxy) is 2. The van der Waals surface area contributed by atoms with Crippen LogP contribution in [0, 0.1) is 6.92 Å². The zero-order chi connectivity index (χ0) is 12.1. The molecular formula is C11H18N4O2. The predicted molar refractivity (Wildman–Crippen MR) is 63.7 cm³/mol. The van der Waals surface area contributed by atoms with Gasteiger partial charge in [0.1, 0.15) is 18.8 Å². The molecule has 0 bridgehead atoms. The number of nitrogens with zero attached hydrogens (tertiary/aromatic N) is 2. The van der Waals surface area contributed by atoms with E-state index >= 15 is 0 Å². The fourth-order valence-electron chi connectivity index (χ4n) is 1.84. The second-order valence-electron chi connectivity index (χ2n) is 4.10. The fourth-order valence-corrected chi connectivity index (χ4v) is 1.84. The molecule has 2 rings (SSSR count). The number of anilines is 1. The van der Waals surface area contributed by atoms with E-state index in [1.165, 1.54) is 12.7 Å². The molecule has 6 heteroatoms. The first-order chi connectivity index (χ1) is 8.31. The van der Waals surface area contributed by atoms with Crippen LogP contribution in [-0.4, -0.2) is 29.3 Å². The van der Waals surface area contributed by atoms with Crippen molar-refractivity contribution in [2.45, 2.75) is 32.3 Å². The smallest absolute Gasteiger partial charge is 0.221 e. The molecule has 2 heterocycles. The second kappa shape index (κ2) is 5.79. The SMILES string of the molecule is Cc1c(NN)ncnc1OCC1CCCCO1. The zero-order valence-corrected chi connectivity index (χ0v) is 9.98. The predicted octanol–water partition coefficient (Wildman–Crippen LogP) is 1.02. The van der Waals surface area contributed by atoms with Gasteiger partial charge < -0.3 is 14.9 Å². The van der Waals surface area contributed by atoms with Gasteiger partial charge in [0.05, 0.1) is 11.7 Å². The molecule has 1 aromatic rings. The summed E-state index contributed by atoms with van der Waals surface area (Å²) in [5.74, 6) is 6.48. The van der Waals surface area contributed by atoms with Crippen LogP contribution in [0.4, 0.5) is 5.82 Å². The third-order valence-electron chi connectivity index (χ3n) is 2.85. The Bertz CT molecular complexity index is 366. The van der Waals surface area contributed by atoms with Crippen LogP contribution >= 0.6 is 0 Å². The summed E-state index contributed by atoms with van der Waals surface area (Å²) in [5, 5.41) is 0. The van der Waals surface area contributed by atoms with Gasteiger partial charge in [-0.2, -0.15) is 0 Å². The Morgan fingerprint density at radius 3 is 3.12 bits per heavy atom. The van der Waals surface area contributed by atoms with Gasteiger partial charge in [0, 0.05) is 6.61 Å². The minimum atomic E-state index is 0.174. The third-order valence-corrected chi connectivity index (χ3v) is 2.85. The summed E-state index contributed by atoms with van der Waals surface area (Å²) in [6.45, 7) is 3.22. The van der Waals surface area contributed by atoms with Crippen LogP contribution in [0.15, 0.2) is 6.33 Å². The number of hydrogen-bond donors (Lipinski definition) is 2. The van der Waals surface area contributed by atoms with Crippen LogP contribution in [0.25, 0.3) is 0 Å². The number of hydrazine groups is 1. The molecule has 3 N–H and O–H groups in total. The number of aromatic nitrogens is 2. The van der Waals surface area contributed by atoms with E-state index in [0.717, 1.165) is 25.0 Å². The number of nitrogens with two attached hydrogens (primary N) is 1. The summed E-state index contributed by atoms with van der Waals surface area (Å²) < 4.78 is 11.2. The fraction of sp³-hybridized carbons (Fsp3) is 0.636. The van der Waals surface area contributed by atoms with Crippen LogP contribution in [0.1, 0.15) is 24.8 Å². The number of nitrogen functional groups attached to an aromatic ring is 1. The second-order valence-corrected chi connectivity index (χ2v) is 4.10. The molecular weight excluding hydrogens is 220 g/mol. The molecule has 1 aliphatic heterocycles. The summed E-state index contributed by atoms with van der Waals surface area (Å²) in [7, 11) is 0. The van der Waals surface area contributed by atoms with Crippen molar-refractivity contribution in [3.8, 4) is 5.88 Å². The van der Waals surface area contributed by atoms with Gasteiger partial charge in [-0.25, -0.2) is 15.8 Å². The molecule has 17 heavy (non-hydrogen) atoms. The normalized spacial score (nSPS) is 20.0. The molecule has 1 unspecified atom stereocenters.